The quantitative estimate of drug-likeness (QED) is 0.709. The first-order chi connectivity index (χ1) is 11.1. The highest BCUT2D eigenvalue weighted by atomic mass is 16.7. The van der Waals surface area contributed by atoms with Gasteiger partial charge in [-0.05, 0) is 86.3 Å². The molecule has 2 heteroatoms. The lowest BCUT2D eigenvalue weighted by Crippen LogP contribution is -2.43. The van der Waals surface area contributed by atoms with Crippen LogP contribution >= 0.6 is 0 Å². The summed E-state index contributed by atoms with van der Waals surface area (Å²) in [6.07, 6.45) is 9.97. The predicted molar refractivity (Wildman–Crippen MR) is 91.0 cm³/mol. The zero-order chi connectivity index (χ0) is 15.7. The Morgan fingerprint density at radius 1 is 1.13 bits per heavy atom. The molecule has 23 heavy (non-hydrogen) atoms. The van der Waals surface area contributed by atoms with Gasteiger partial charge >= 0.3 is 0 Å². The highest BCUT2D eigenvalue weighted by Crippen LogP contribution is 2.77. The molecule has 4 aliphatic carbocycles. The van der Waals surface area contributed by atoms with E-state index in [1.807, 2.05) is 30.3 Å². The second kappa shape index (κ2) is 4.63. The number of benzene rings is 1. The Hall–Kier alpha value is -1.28. The molecule has 6 atom stereocenters. The van der Waals surface area contributed by atoms with Crippen molar-refractivity contribution in [2.45, 2.75) is 57.3 Å². The maximum absolute atomic E-state index is 6.56. The van der Waals surface area contributed by atoms with Crippen LogP contribution in [0.3, 0.4) is 0 Å². The smallest absolute Gasteiger partial charge is 0.197 e. The molecular formula is C21H26O2. The summed E-state index contributed by atoms with van der Waals surface area (Å²) in [6.45, 7) is 5.85. The van der Waals surface area contributed by atoms with Crippen molar-refractivity contribution in [3.63, 3.8) is 0 Å². The summed E-state index contributed by atoms with van der Waals surface area (Å²) in [5, 5.41) is 0. The lowest BCUT2D eigenvalue weighted by atomic mass is 9.56. The summed E-state index contributed by atoms with van der Waals surface area (Å²) in [6, 6.07) is 8.08. The lowest BCUT2D eigenvalue weighted by molar-refractivity contribution is -0.176. The molecule has 4 aliphatic rings. The third kappa shape index (κ3) is 1.97. The van der Waals surface area contributed by atoms with E-state index in [4.69, 9.17) is 9.47 Å². The van der Waals surface area contributed by atoms with Crippen molar-refractivity contribution in [2.75, 3.05) is 0 Å². The summed E-state index contributed by atoms with van der Waals surface area (Å²) in [5.74, 6) is 3.77. The van der Waals surface area contributed by atoms with E-state index in [1.54, 1.807) is 0 Å². The van der Waals surface area contributed by atoms with E-state index in [1.165, 1.54) is 38.5 Å². The minimum absolute atomic E-state index is 0.110. The molecule has 0 aliphatic heterocycles. The molecule has 0 aromatic heterocycles. The van der Waals surface area contributed by atoms with Gasteiger partial charge in [0.05, 0.1) is 5.60 Å². The Bertz CT molecular complexity index is 632. The van der Waals surface area contributed by atoms with E-state index in [9.17, 15) is 0 Å². The molecule has 0 radical (unpaired) electrons. The van der Waals surface area contributed by atoms with E-state index in [-0.39, 0.29) is 11.9 Å². The van der Waals surface area contributed by atoms with E-state index >= 15 is 0 Å². The van der Waals surface area contributed by atoms with Gasteiger partial charge in [-0.3, -0.25) is 0 Å². The monoisotopic (exact) mass is 310 g/mol. The first-order valence-corrected chi connectivity index (χ1v) is 9.18. The Morgan fingerprint density at radius 2 is 1.96 bits per heavy atom. The lowest BCUT2D eigenvalue weighted by Gasteiger charge is -2.49. The van der Waals surface area contributed by atoms with Crippen LogP contribution in [0.5, 0.6) is 5.75 Å². The molecule has 0 heterocycles. The first-order valence-electron chi connectivity index (χ1n) is 9.18. The SMILES string of the molecule is C=Cc1ccc(OC(C)OC23CC4CC5CC(C2)C5(C4)C3)cc1. The van der Waals surface area contributed by atoms with Crippen LogP contribution < -0.4 is 4.74 Å². The van der Waals surface area contributed by atoms with Crippen molar-refractivity contribution in [2.24, 2.45) is 23.2 Å². The zero-order valence-corrected chi connectivity index (χ0v) is 14.0. The van der Waals surface area contributed by atoms with Gasteiger partial charge < -0.3 is 9.47 Å². The van der Waals surface area contributed by atoms with E-state index in [0.29, 0.717) is 5.41 Å². The number of rotatable bonds is 5. The number of fused-ring (bicyclic) bond motifs is 2. The molecule has 6 unspecified atom stereocenters. The van der Waals surface area contributed by atoms with E-state index < -0.39 is 0 Å². The number of ether oxygens (including phenoxy) is 2. The van der Waals surface area contributed by atoms with Gasteiger partial charge in [-0.2, -0.15) is 0 Å². The summed E-state index contributed by atoms with van der Waals surface area (Å²) in [5.41, 5.74) is 1.90. The summed E-state index contributed by atoms with van der Waals surface area (Å²) < 4.78 is 12.6. The summed E-state index contributed by atoms with van der Waals surface area (Å²) in [7, 11) is 0. The second-order valence-electron chi connectivity index (χ2n) is 8.51. The minimum Gasteiger partial charge on any atom is -0.465 e. The molecule has 0 amide bonds. The fraction of sp³-hybridized carbons (Fsp3) is 0.619. The normalized spacial score (nSPS) is 43.8. The predicted octanol–water partition coefficient (Wildman–Crippen LogP) is 5.04. The molecule has 1 aromatic carbocycles. The largest absolute Gasteiger partial charge is 0.465 e. The van der Waals surface area contributed by atoms with Crippen molar-refractivity contribution >= 4 is 6.08 Å². The van der Waals surface area contributed by atoms with Gasteiger partial charge in [0.15, 0.2) is 6.29 Å². The Balaban J connectivity index is 1.29. The third-order valence-electron chi connectivity index (χ3n) is 7.25. The molecule has 122 valence electrons. The molecule has 5 rings (SSSR count). The molecule has 4 saturated carbocycles. The average Bonchev–Trinajstić information content (AvgIpc) is 2.83. The molecule has 0 N–H and O–H groups in total. The molecule has 4 fully saturated rings. The number of hydrogen-bond acceptors (Lipinski definition) is 2. The highest BCUT2D eigenvalue weighted by Gasteiger charge is 2.71. The first kappa shape index (κ1) is 14.1. The van der Waals surface area contributed by atoms with Crippen LogP contribution in [0.25, 0.3) is 6.08 Å². The van der Waals surface area contributed by atoms with Gasteiger partial charge in [0, 0.05) is 0 Å². The molecule has 0 saturated heterocycles. The van der Waals surface area contributed by atoms with Gasteiger partial charge in [-0.25, -0.2) is 0 Å². The zero-order valence-electron chi connectivity index (χ0n) is 14.0. The van der Waals surface area contributed by atoms with Crippen LogP contribution in [0.2, 0.25) is 0 Å². The van der Waals surface area contributed by atoms with Crippen molar-refractivity contribution in [1.29, 1.82) is 0 Å². The number of hydrogen-bond donors (Lipinski definition) is 0. The van der Waals surface area contributed by atoms with Crippen molar-refractivity contribution in [3.8, 4) is 5.75 Å². The molecule has 1 aromatic rings. The Morgan fingerprint density at radius 3 is 2.74 bits per heavy atom. The summed E-state index contributed by atoms with van der Waals surface area (Å²) in [4.78, 5) is 0. The van der Waals surface area contributed by atoms with E-state index in [0.717, 1.165) is 29.1 Å². The van der Waals surface area contributed by atoms with Crippen LogP contribution in [0, 0.1) is 23.2 Å². The van der Waals surface area contributed by atoms with Crippen molar-refractivity contribution in [3.05, 3.63) is 36.4 Å². The maximum atomic E-state index is 6.56. The Kier molecular flexibility index (Phi) is 2.84. The summed E-state index contributed by atoms with van der Waals surface area (Å²) >= 11 is 0. The van der Waals surface area contributed by atoms with Gasteiger partial charge in [0.25, 0.3) is 0 Å². The van der Waals surface area contributed by atoms with Crippen LogP contribution in [-0.2, 0) is 4.74 Å². The van der Waals surface area contributed by atoms with E-state index in [2.05, 4.69) is 13.5 Å². The average molecular weight is 310 g/mol. The van der Waals surface area contributed by atoms with Gasteiger partial charge in [-0.1, -0.05) is 24.8 Å². The fourth-order valence-corrected chi connectivity index (χ4v) is 6.67. The Labute approximate surface area is 138 Å². The third-order valence-corrected chi connectivity index (χ3v) is 7.25. The minimum atomic E-state index is -0.172. The fourth-order valence-electron chi connectivity index (χ4n) is 6.67. The molecule has 3 bridgehead atoms. The van der Waals surface area contributed by atoms with Gasteiger partial charge in [-0.15, -0.1) is 0 Å². The maximum Gasteiger partial charge on any atom is 0.197 e. The second-order valence-corrected chi connectivity index (χ2v) is 8.51. The van der Waals surface area contributed by atoms with Crippen molar-refractivity contribution in [1.82, 2.24) is 0 Å². The molecular weight excluding hydrogens is 284 g/mol. The standard InChI is InChI=1S/C21H26O2/c1-3-15-4-6-19(7-5-15)22-14(2)23-20-10-16-8-17-9-18(12-20)21(17,11-16)13-20/h3-7,14,16-18H,1,8-13H2,2H3. The van der Waals surface area contributed by atoms with Crippen LogP contribution in [0.15, 0.2) is 30.8 Å². The highest BCUT2D eigenvalue weighted by molar-refractivity contribution is 5.48. The topological polar surface area (TPSA) is 18.5 Å². The van der Waals surface area contributed by atoms with Crippen LogP contribution in [0.4, 0.5) is 0 Å². The van der Waals surface area contributed by atoms with Gasteiger partial charge in [0.2, 0.25) is 0 Å². The molecule has 1 spiro atoms. The molecule has 2 nitrogen and oxygen atoms in total. The van der Waals surface area contributed by atoms with Crippen LogP contribution in [0.1, 0.15) is 51.0 Å². The van der Waals surface area contributed by atoms with Crippen LogP contribution in [-0.4, -0.2) is 11.9 Å². The van der Waals surface area contributed by atoms with Crippen molar-refractivity contribution < 1.29 is 9.47 Å². The van der Waals surface area contributed by atoms with Gasteiger partial charge in [0.1, 0.15) is 5.75 Å².